The minimum Gasteiger partial charge on any atom is -0.507 e. The topological polar surface area (TPSA) is 76.1 Å². The number of benzene rings is 2. The highest BCUT2D eigenvalue weighted by atomic mass is 35.5. The first-order valence-electron chi connectivity index (χ1n) is 9.17. The van der Waals surface area contributed by atoms with Crippen molar-refractivity contribution in [2.75, 3.05) is 27.4 Å². The van der Waals surface area contributed by atoms with Gasteiger partial charge in [0.2, 0.25) is 0 Å². The lowest BCUT2D eigenvalue weighted by Gasteiger charge is -2.25. The molecular formula is C22H21Cl2NO5. The van der Waals surface area contributed by atoms with Crippen LogP contribution >= 0.6 is 23.2 Å². The van der Waals surface area contributed by atoms with Gasteiger partial charge in [-0.1, -0.05) is 29.3 Å². The fourth-order valence-electron chi connectivity index (χ4n) is 3.50. The highest BCUT2D eigenvalue weighted by molar-refractivity contribution is 6.47. The number of Topliss-reactive ketones (excluding diaryl/α,β-unsaturated/α-hetero) is 1. The molecule has 8 heteroatoms. The van der Waals surface area contributed by atoms with Crippen molar-refractivity contribution in [2.24, 2.45) is 0 Å². The van der Waals surface area contributed by atoms with Crippen LogP contribution in [-0.2, 0) is 14.3 Å². The van der Waals surface area contributed by atoms with E-state index in [4.69, 9.17) is 32.7 Å². The maximum Gasteiger partial charge on any atom is 0.295 e. The largest absolute Gasteiger partial charge is 0.507 e. The fourth-order valence-corrected chi connectivity index (χ4v) is 3.81. The van der Waals surface area contributed by atoms with Crippen LogP contribution in [0, 0.1) is 6.92 Å². The van der Waals surface area contributed by atoms with E-state index in [0.29, 0.717) is 27.5 Å². The predicted octanol–water partition coefficient (Wildman–Crippen LogP) is 4.38. The third kappa shape index (κ3) is 4.03. The summed E-state index contributed by atoms with van der Waals surface area (Å²) in [4.78, 5) is 27.1. The molecule has 1 atom stereocenters. The standard InChI is InChI=1S/C22H21Cl2NO5/c1-12-10-14(30-3)5-6-15(12)20(26)18-19(13-4-7-16(23)17(24)11-13)25(8-9-29-2)22(28)21(18)27/h4-7,10-11,19,26H,8-9H2,1-3H3/b20-18+/t19-/m0/s1. The Morgan fingerprint density at radius 3 is 2.43 bits per heavy atom. The highest BCUT2D eigenvalue weighted by Crippen LogP contribution is 2.41. The smallest absolute Gasteiger partial charge is 0.295 e. The van der Waals surface area contributed by atoms with Crippen molar-refractivity contribution in [3.8, 4) is 5.75 Å². The number of likely N-dealkylation sites (tertiary alicyclic amines) is 1. The van der Waals surface area contributed by atoms with Gasteiger partial charge >= 0.3 is 0 Å². The average Bonchev–Trinajstić information content (AvgIpc) is 2.98. The Morgan fingerprint density at radius 1 is 1.10 bits per heavy atom. The number of aliphatic hydroxyl groups excluding tert-OH is 1. The van der Waals surface area contributed by atoms with Gasteiger partial charge < -0.3 is 19.5 Å². The summed E-state index contributed by atoms with van der Waals surface area (Å²) in [5.41, 5.74) is 1.68. The molecule has 1 amide bonds. The molecule has 1 saturated heterocycles. The molecule has 0 bridgehead atoms. The second-order valence-electron chi connectivity index (χ2n) is 6.84. The van der Waals surface area contributed by atoms with Crippen molar-refractivity contribution in [3.05, 3.63) is 68.7 Å². The van der Waals surface area contributed by atoms with Gasteiger partial charge in [0.15, 0.2) is 0 Å². The summed E-state index contributed by atoms with van der Waals surface area (Å²) in [6, 6.07) is 9.11. The minimum atomic E-state index is -0.823. The summed E-state index contributed by atoms with van der Waals surface area (Å²) in [5, 5.41) is 11.7. The number of nitrogens with zero attached hydrogens (tertiary/aromatic N) is 1. The number of ketones is 1. The van der Waals surface area contributed by atoms with Gasteiger partial charge in [-0.15, -0.1) is 0 Å². The van der Waals surface area contributed by atoms with Gasteiger partial charge in [-0.25, -0.2) is 0 Å². The van der Waals surface area contributed by atoms with Crippen LogP contribution in [0.5, 0.6) is 5.75 Å². The molecule has 2 aromatic carbocycles. The average molecular weight is 450 g/mol. The van der Waals surface area contributed by atoms with Crippen molar-refractivity contribution in [1.29, 1.82) is 0 Å². The number of aliphatic hydroxyl groups is 1. The molecule has 0 spiro atoms. The van der Waals surface area contributed by atoms with Crippen molar-refractivity contribution in [2.45, 2.75) is 13.0 Å². The number of rotatable bonds is 6. The van der Waals surface area contributed by atoms with Crippen LogP contribution in [0.3, 0.4) is 0 Å². The Hall–Kier alpha value is -2.54. The lowest BCUT2D eigenvalue weighted by atomic mass is 9.94. The maximum absolute atomic E-state index is 12.9. The molecular weight excluding hydrogens is 429 g/mol. The van der Waals surface area contributed by atoms with Crippen LogP contribution in [0.2, 0.25) is 10.0 Å². The van der Waals surface area contributed by atoms with E-state index < -0.39 is 17.7 Å². The number of hydrogen-bond acceptors (Lipinski definition) is 5. The molecule has 0 unspecified atom stereocenters. The van der Waals surface area contributed by atoms with Gasteiger partial charge in [-0.2, -0.15) is 0 Å². The zero-order valence-corrected chi connectivity index (χ0v) is 18.3. The molecule has 30 heavy (non-hydrogen) atoms. The quantitative estimate of drug-likeness (QED) is 0.402. The summed E-state index contributed by atoms with van der Waals surface area (Å²) in [6.45, 7) is 2.18. The molecule has 158 valence electrons. The monoisotopic (exact) mass is 449 g/mol. The first-order valence-corrected chi connectivity index (χ1v) is 9.93. The van der Waals surface area contributed by atoms with E-state index in [1.807, 2.05) is 0 Å². The second kappa shape index (κ2) is 9.08. The predicted molar refractivity (Wildman–Crippen MR) is 115 cm³/mol. The first kappa shape index (κ1) is 22.2. The zero-order chi connectivity index (χ0) is 22.0. The number of carbonyl (C=O) groups is 2. The summed E-state index contributed by atoms with van der Waals surface area (Å²) in [6.07, 6.45) is 0. The zero-order valence-electron chi connectivity index (χ0n) is 16.7. The highest BCUT2D eigenvalue weighted by Gasteiger charge is 2.46. The number of carbonyl (C=O) groups excluding carboxylic acids is 2. The number of methoxy groups -OCH3 is 2. The van der Waals surface area contributed by atoms with Crippen LogP contribution in [-0.4, -0.2) is 49.1 Å². The summed E-state index contributed by atoms with van der Waals surface area (Å²) < 4.78 is 10.3. The third-order valence-corrected chi connectivity index (χ3v) is 5.76. The lowest BCUT2D eigenvalue weighted by molar-refractivity contribution is -0.140. The van der Waals surface area contributed by atoms with Crippen LogP contribution < -0.4 is 4.74 Å². The van der Waals surface area contributed by atoms with E-state index in [2.05, 4.69) is 0 Å². The van der Waals surface area contributed by atoms with Gasteiger partial charge in [0.1, 0.15) is 11.5 Å². The van der Waals surface area contributed by atoms with Crippen molar-refractivity contribution in [1.82, 2.24) is 4.90 Å². The molecule has 1 fully saturated rings. The molecule has 2 aromatic rings. The molecule has 0 radical (unpaired) electrons. The van der Waals surface area contributed by atoms with E-state index in [9.17, 15) is 14.7 Å². The molecule has 0 saturated carbocycles. The molecule has 3 rings (SSSR count). The van der Waals surface area contributed by atoms with E-state index in [-0.39, 0.29) is 29.5 Å². The Labute approximate surface area is 184 Å². The van der Waals surface area contributed by atoms with Gasteiger partial charge in [0.05, 0.1) is 35.4 Å². The third-order valence-electron chi connectivity index (χ3n) is 5.02. The molecule has 1 aliphatic rings. The van der Waals surface area contributed by atoms with Crippen molar-refractivity contribution in [3.63, 3.8) is 0 Å². The second-order valence-corrected chi connectivity index (χ2v) is 7.65. The van der Waals surface area contributed by atoms with Gasteiger partial charge in [0, 0.05) is 19.2 Å². The van der Waals surface area contributed by atoms with E-state index in [1.165, 1.54) is 12.0 Å². The first-order chi connectivity index (χ1) is 14.3. The van der Waals surface area contributed by atoms with Crippen molar-refractivity contribution >= 4 is 40.7 Å². The molecule has 0 aromatic heterocycles. The van der Waals surface area contributed by atoms with E-state index in [0.717, 1.165) is 0 Å². The van der Waals surface area contributed by atoms with Gasteiger partial charge in [-0.3, -0.25) is 9.59 Å². The molecule has 1 N–H and O–H groups in total. The summed E-state index contributed by atoms with van der Waals surface area (Å²) >= 11 is 12.2. The lowest BCUT2D eigenvalue weighted by Crippen LogP contribution is -2.32. The number of aryl methyl sites for hydroxylation is 1. The minimum absolute atomic E-state index is 0.0113. The Balaban J connectivity index is 2.20. The van der Waals surface area contributed by atoms with Gasteiger partial charge in [-0.05, 0) is 48.4 Å². The number of halogens is 2. The Kier molecular flexibility index (Phi) is 6.71. The molecule has 1 heterocycles. The molecule has 0 aliphatic carbocycles. The number of hydrogen-bond donors (Lipinski definition) is 1. The van der Waals surface area contributed by atoms with E-state index in [1.54, 1.807) is 50.4 Å². The van der Waals surface area contributed by atoms with Gasteiger partial charge in [0.25, 0.3) is 11.7 Å². The van der Waals surface area contributed by atoms with Crippen LogP contribution in [0.15, 0.2) is 42.0 Å². The fraction of sp³-hybridized carbons (Fsp3) is 0.273. The summed E-state index contributed by atoms with van der Waals surface area (Å²) in [7, 11) is 3.05. The summed E-state index contributed by atoms with van der Waals surface area (Å²) in [5.74, 6) is -1.12. The number of amides is 1. The SMILES string of the molecule is COCCN1C(=O)C(=O)/C(=C(/O)c2ccc(OC)cc2C)[C@@H]1c1ccc(Cl)c(Cl)c1. The normalized spacial score (nSPS) is 18.2. The van der Waals surface area contributed by atoms with E-state index >= 15 is 0 Å². The Morgan fingerprint density at radius 2 is 1.83 bits per heavy atom. The van der Waals surface area contributed by atoms with Crippen molar-refractivity contribution < 1.29 is 24.2 Å². The van der Waals surface area contributed by atoms with Crippen LogP contribution in [0.1, 0.15) is 22.7 Å². The Bertz CT molecular complexity index is 1030. The molecule has 6 nitrogen and oxygen atoms in total. The number of ether oxygens (including phenoxy) is 2. The maximum atomic E-state index is 12.9. The molecule has 1 aliphatic heterocycles. The van der Waals surface area contributed by atoms with Crippen LogP contribution in [0.4, 0.5) is 0 Å². The van der Waals surface area contributed by atoms with Crippen LogP contribution in [0.25, 0.3) is 5.76 Å².